The molecule has 6 atom stereocenters. The van der Waals surface area contributed by atoms with Gasteiger partial charge in [-0.15, -0.1) is 0 Å². The van der Waals surface area contributed by atoms with E-state index in [0.717, 1.165) is 6.92 Å². The van der Waals surface area contributed by atoms with Gasteiger partial charge in [-0.05, 0) is 27.2 Å². The third-order valence-electron chi connectivity index (χ3n) is 3.87. The number of carbonyl (C=O) groups is 5. The van der Waals surface area contributed by atoms with Crippen LogP contribution < -0.4 is 21.7 Å². The van der Waals surface area contributed by atoms with Crippen LogP contribution in [0.3, 0.4) is 0 Å². The van der Waals surface area contributed by atoms with E-state index in [1.807, 2.05) is 5.32 Å². The van der Waals surface area contributed by atoms with Gasteiger partial charge in [0.25, 0.3) is 0 Å². The van der Waals surface area contributed by atoms with E-state index in [1.54, 1.807) is 0 Å². The van der Waals surface area contributed by atoms with E-state index < -0.39 is 66.0 Å². The third-order valence-corrected chi connectivity index (χ3v) is 3.87. The average Bonchev–Trinajstić information content (AvgIpc) is 2.60. The zero-order chi connectivity index (χ0) is 22.9. The molecule has 0 aromatic rings. The van der Waals surface area contributed by atoms with Gasteiger partial charge < -0.3 is 42.1 Å². The van der Waals surface area contributed by atoms with Gasteiger partial charge in [0.2, 0.25) is 17.7 Å². The zero-order valence-corrected chi connectivity index (χ0v) is 16.3. The SMILES string of the molecule is CC(NC(=O)C(NC(=O)C(N)CCC(=O)O)C(C)O)C(=O)NC(C(=O)O)C(C)O. The summed E-state index contributed by atoms with van der Waals surface area (Å²) in [6.45, 7) is 3.59. The summed E-state index contributed by atoms with van der Waals surface area (Å²) in [5, 5.41) is 43.1. The summed E-state index contributed by atoms with van der Waals surface area (Å²) in [6, 6.07) is -5.59. The van der Waals surface area contributed by atoms with E-state index in [9.17, 15) is 34.2 Å². The van der Waals surface area contributed by atoms with E-state index >= 15 is 0 Å². The minimum atomic E-state index is -1.60. The van der Waals surface area contributed by atoms with Crippen LogP contribution in [-0.4, -0.2) is 86.5 Å². The second kappa shape index (κ2) is 11.9. The molecule has 0 radical (unpaired) electrons. The second-order valence-electron chi connectivity index (χ2n) is 6.56. The molecule has 0 heterocycles. The summed E-state index contributed by atoms with van der Waals surface area (Å²) in [5.41, 5.74) is 5.54. The maximum absolute atomic E-state index is 12.3. The van der Waals surface area contributed by atoms with Gasteiger partial charge in [0.05, 0.1) is 18.2 Å². The van der Waals surface area contributed by atoms with Crippen LogP contribution in [0.25, 0.3) is 0 Å². The first-order valence-corrected chi connectivity index (χ1v) is 8.75. The van der Waals surface area contributed by atoms with Crippen molar-refractivity contribution in [1.82, 2.24) is 16.0 Å². The lowest BCUT2D eigenvalue weighted by molar-refractivity contribution is -0.145. The topological polar surface area (TPSA) is 228 Å². The Bertz CT molecular complexity index is 624. The standard InChI is InChI=1S/C16H28N4O9/c1-6(13(25)20-12(8(3)22)16(28)29)18-15(27)11(7(2)21)19-14(26)9(17)4-5-10(23)24/h6-9,11-12,21-22H,4-5,17H2,1-3H3,(H,18,27)(H,19,26)(H,20,25)(H,23,24)(H,28,29). The van der Waals surface area contributed by atoms with Crippen LogP contribution in [0.2, 0.25) is 0 Å². The number of carboxylic acids is 2. The normalized spacial score (nSPS) is 17.0. The van der Waals surface area contributed by atoms with E-state index in [4.69, 9.17) is 15.9 Å². The highest BCUT2D eigenvalue weighted by atomic mass is 16.4. The maximum Gasteiger partial charge on any atom is 0.328 e. The van der Waals surface area contributed by atoms with Gasteiger partial charge in [-0.3, -0.25) is 19.2 Å². The molecule has 0 fully saturated rings. The number of aliphatic carboxylic acids is 2. The van der Waals surface area contributed by atoms with E-state index in [1.165, 1.54) is 13.8 Å². The van der Waals surface area contributed by atoms with Crippen molar-refractivity contribution in [3.8, 4) is 0 Å². The largest absolute Gasteiger partial charge is 0.481 e. The molecule has 3 amide bonds. The number of nitrogens with two attached hydrogens (primary N) is 1. The van der Waals surface area contributed by atoms with E-state index in [-0.39, 0.29) is 12.8 Å². The van der Waals surface area contributed by atoms with Gasteiger partial charge in [-0.1, -0.05) is 0 Å². The van der Waals surface area contributed by atoms with Crippen LogP contribution in [0.1, 0.15) is 33.6 Å². The second-order valence-corrected chi connectivity index (χ2v) is 6.56. The maximum atomic E-state index is 12.3. The van der Waals surface area contributed by atoms with Crippen molar-refractivity contribution >= 4 is 29.7 Å². The number of carbonyl (C=O) groups excluding carboxylic acids is 3. The molecule has 13 heteroatoms. The van der Waals surface area contributed by atoms with Crippen LogP contribution in [0, 0.1) is 0 Å². The van der Waals surface area contributed by atoms with Crippen molar-refractivity contribution in [3.05, 3.63) is 0 Å². The molecule has 9 N–H and O–H groups in total. The number of hydrogen-bond donors (Lipinski definition) is 8. The predicted molar refractivity (Wildman–Crippen MR) is 97.3 cm³/mol. The summed E-state index contributed by atoms with van der Waals surface area (Å²) < 4.78 is 0. The number of amides is 3. The summed E-state index contributed by atoms with van der Waals surface area (Å²) in [4.78, 5) is 57.9. The molecule has 0 rings (SSSR count). The van der Waals surface area contributed by atoms with Crippen LogP contribution in [-0.2, 0) is 24.0 Å². The number of carboxylic acid groups (broad SMARTS) is 2. The monoisotopic (exact) mass is 420 g/mol. The number of aliphatic hydroxyl groups is 2. The molecule has 0 aliphatic carbocycles. The van der Waals surface area contributed by atoms with E-state index in [0.29, 0.717) is 0 Å². The van der Waals surface area contributed by atoms with Gasteiger partial charge in [0.15, 0.2) is 6.04 Å². The van der Waals surface area contributed by atoms with Crippen LogP contribution >= 0.6 is 0 Å². The number of hydrogen-bond acceptors (Lipinski definition) is 8. The molecule has 0 spiro atoms. The molecular formula is C16H28N4O9. The highest BCUT2D eigenvalue weighted by molar-refractivity contribution is 5.94. The van der Waals surface area contributed by atoms with Gasteiger partial charge in [-0.2, -0.15) is 0 Å². The number of rotatable bonds is 12. The summed E-state index contributed by atoms with van der Waals surface area (Å²) >= 11 is 0. The summed E-state index contributed by atoms with van der Waals surface area (Å²) in [7, 11) is 0. The molecule has 6 unspecified atom stereocenters. The fourth-order valence-corrected chi connectivity index (χ4v) is 2.11. The molecule has 13 nitrogen and oxygen atoms in total. The average molecular weight is 420 g/mol. The van der Waals surface area contributed by atoms with Crippen molar-refractivity contribution < 1.29 is 44.4 Å². The van der Waals surface area contributed by atoms with Crippen molar-refractivity contribution in [1.29, 1.82) is 0 Å². The van der Waals surface area contributed by atoms with Crippen molar-refractivity contribution in [2.45, 2.75) is 70.0 Å². The molecular weight excluding hydrogens is 392 g/mol. The molecule has 0 aromatic carbocycles. The molecule has 0 aliphatic rings. The molecule has 0 saturated heterocycles. The lowest BCUT2D eigenvalue weighted by atomic mass is 10.1. The first kappa shape index (κ1) is 26.2. The Labute approximate surface area is 166 Å². The highest BCUT2D eigenvalue weighted by Gasteiger charge is 2.31. The summed E-state index contributed by atoms with van der Waals surface area (Å²) in [6.07, 6.45) is -3.34. The van der Waals surface area contributed by atoms with Crippen LogP contribution in [0.15, 0.2) is 0 Å². The van der Waals surface area contributed by atoms with Gasteiger partial charge >= 0.3 is 11.9 Å². The van der Waals surface area contributed by atoms with Gasteiger partial charge in [0, 0.05) is 6.42 Å². The predicted octanol–water partition coefficient (Wildman–Crippen LogP) is -3.50. The molecule has 166 valence electrons. The Morgan fingerprint density at radius 2 is 1.28 bits per heavy atom. The Morgan fingerprint density at radius 1 is 0.793 bits per heavy atom. The zero-order valence-electron chi connectivity index (χ0n) is 16.3. The first-order valence-electron chi connectivity index (χ1n) is 8.75. The van der Waals surface area contributed by atoms with Crippen LogP contribution in [0.5, 0.6) is 0 Å². The highest BCUT2D eigenvalue weighted by Crippen LogP contribution is 2.00. The van der Waals surface area contributed by atoms with Crippen molar-refractivity contribution in [2.24, 2.45) is 5.73 Å². The Balaban J connectivity index is 4.96. The van der Waals surface area contributed by atoms with E-state index in [2.05, 4.69) is 10.6 Å². The van der Waals surface area contributed by atoms with Crippen molar-refractivity contribution in [3.63, 3.8) is 0 Å². The summed E-state index contributed by atoms with van der Waals surface area (Å²) in [5.74, 6) is -5.37. The molecule has 0 aromatic heterocycles. The van der Waals surface area contributed by atoms with Crippen LogP contribution in [0.4, 0.5) is 0 Å². The van der Waals surface area contributed by atoms with Gasteiger partial charge in [0.1, 0.15) is 12.1 Å². The Hall–Kier alpha value is -2.77. The molecule has 0 bridgehead atoms. The Morgan fingerprint density at radius 3 is 1.69 bits per heavy atom. The quantitative estimate of drug-likeness (QED) is 0.155. The lowest BCUT2D eigenvalue weighted by Crippen LogP contribution is -2.59. The minimum absolute atomic E-state index is 0.190. The first-order chi connectivity index (χ1) is 13.3. The smallest absolute Gasteiger partial charge is 0.328 e. The van der Waals surface area contributed by atoms with Crippen molar-refractivity contribution in [2.75, 3.05) is 0 Å². The Kier molecular flexibility index (Phi) is 10.8. The fraction of sp³-hybridized carbons (Fsp3) is 0.688. The molecule has 0 aliphatic heterocycles. The molecule has 0 saturated carbocycles. The minimum Gasteiger partial charge on any atom is -0.481 e. The fourth-order valence-electron chi connectivity index (χ4n) is 2.11. The third kappa shape index (κ3) is 9.32. The van der Waals surface area contributed by atoms with Gasteiger partial charge in [-0.25, -0.2) is 4.79 Å². The number of aliphatic hydroxyl groups excluding tert-OH is 2. The molecule has 29 heavy (non-hydrogen) atoms. The lowest BCUT2D eigenvalue weighted by Gasteiger charge is -2.25. The number of nitrogens with one attached hydrogen (secondary N) is 3.